The predicted octanol–water partition coefficient (Wildman–Crippen LogP) is 3.19. The molecule has 0 saturated carbocycles. The number of carbonyl (C=O) groups excluding carboxylic acids is 1. The Hall–Kier alpha value is -3.65. The summed E-state index contributed by atoms with van der Waals surface area (Å²) in [6.07, 6.45) is 7.18. The van der Waals surface area contributed by atoms with Crippen LogP contribution in [0.3, 0.4) is 0 Å². The third kappa shape index (κ3) is 3.42. The van der Waals surface area contributed by atoms with Crippen LogP contribution >= 0.6 is 0 Å². The van der Waals surface area contributed by atoms with E-state index in [4.69, 9.17) is 10.2 Å². The molecule has 1 aliphatic heterocycles. The molecule has 0 radical (unpaired) electrons. The smallest absolute Gasteiger partial charge is 0.291 e. The Bertz CT molecular complexity index is 1200. The molecule has 1 atom stereocenters. The van der Waals surface area contributed by atoms with E-state index in [0.717, 1.165) is 42.5 Å². The number of rotatable bonds is 4. The second-order valence-corrected chi connectivity index (χ2v) is 7.45. The number of piperidine rings is 1. The Morgan fingerprint density at radius 1 is 1.17 bits per heavy atom. The van der Waals surface area contributed by atoms with Gasteiger partial charge in [-0.25, -0.2) is 4.68 Å². The predicted molar refractivity (Wildman–Crippen MR) is 115 cm³/mol. The summed E-state index contributed by atoms with van der Waals surface area (Å²) in [6, 6.07) is 13.2. The van der Waals surface area contributed by atoms with Gasteiger partial charge < -0.3 is 20.4 Å². The largest absolute Gasteiger partial charge is 0.433 e. The Balaban J connectivity index is 1.38. The highest BCUT2D eigenvalue weighted by atomic mass is 16.4. The molecule has 4 heterocycles. The average Bonchev–Trinajstić information content (AvgIpc) is 3.41. The standard InChI is InChI=1S/C22H22N6O2/c23-16-5-3-11-27(14-16)19-9-10-24-13-17(19)26-22(29)20-7-8-21(30-20)28-18-6-2-1-4-15(18)12-25-28/h1-2,4,6-10,12-13,16H,3,5,11,14,23H2,(H,26,29)/t16-/m0/s1. The summed E-state index contributed by atoms with van der Waals surface area (Å²) in [5.74, 6) is 0.345. The number of furan rings is 1. The van der Waals surface area contributed by atoms with Gasteiger partial charge in [0.1, 0.15) is 0 Å². The van der Waals surface area contributed by atoms with Crippen molar-refractivity contribution >= 4 is 28.2 Å². The number of pyridine rings is 1. The van der Waals surface area contributed by atoms with E-state index in [1.807, 2.05) is 30.3 Å². The number of nitrogens with two attached hydrogens (primary N) is 1. The number of fused-ring (bicyclic) bond motifs is 1. The van der Waals surface area contributed by atoms with Crippen LogP contribution in [0.2, 0.25) is 0 Å². The van der Waals surface area contributed by atoms with E-state index in [1.54, 1.807) is 35.4 Å². The zero-order valence-corrected chi connectivity index (χ0v) is 16.4. The molecule has 8 nitrogen and oxygen atoms in total. The Morgan fingerprint density at radius 2 is 2.07 bits per heavy atom. The molecule has 30 heavy (non-hydrogen) atoms. The number of para-hydroxylation sites is 1. The van der Waals surface area contributed by atoms with Gasteiger partial charge in [-0.2, -0.15) is 5.10 Å². The highest BCUT2D eigenvalue weighted by Gasteiger charge is 2.21. The maximum atomic E-state index is 12.9. The third-order valence-corrected chi connectivity index (χ3v) is 5.35. The van der Waals surface area contributed by atoms with E-state index < -0.39 is 0 Å². The summed E-state index contributed by atoms with van der Waals surface area (Å²) in [4.78, 5) is 19.2. The molecular formula is C22H22N6O2. The zero-order chi connectivity index (χ0) is 20.5. The SMILES string of the molecule is N[C@H]1CCCN(c2ccncc2NC(=O)c2ccc(-n3ncc4ccccc43)o2)C1. The van der Waals surface area contributed by atoms with Gasteiger partial charge in [0.2, 0.25) is 5.88 Å². The number of aromatic nitrogens is 3. The van der Waals surface area contributed by atoms with Crippen LogP contribution in [0.4, 0.5) is 11.4 Å². The van der Waals surface area contributed by atoms with Crippen LogP contribution in [-0.4, -0.2) is 39.8 Å². The number of hydrogen-bond acceptors (Lipinski definition) is 6. The minimum atomic E-state index is -0.340. The number of benzene rings is 1. The fraction of sp³-hybridized carbons (Fsp3) is 0.227. The summed E-state index contributed by atoms with van der Waals surface area (Å²) in [5.41, 5.74) is 8.59. The topological polar surface area (TPSA) is 102 Å². The molecule has 3 aromatic heterocycles. The van der Waals surface area contributed by atoms with Gasteiger partial charge in [0.15, 0.2) is 5.76 Å². The lowest BCUT2D eigenvalue weighted by Gasteiger charge is -2.33. The van der Waals surface area contributed by atoms with Crippen molar-refractivity contribution in [2.45, 2.75) is 18.9 Å². The molecule has 1 aliphatic rings. The van der Waals surface area contributed by atoms with Crippen LogP contribution in [0, 0.1) is 0 Å². The molecule has 0 aliphatic carbocycles. The first-order chi connectivity index (χ1) is 14.7. The molecule has 0 bridgehead atoms. The monoisotopic (exact) mass is 402 g/mol. The Labute approximate surface area is 173 Å². The van der Waals surface area contributed by atoms with E-state index in [2.05, 4.69) is 20.3 Å². The molecule has 5 rings (SSSR count). The van der Waals surface area contributed by atoms with E-state index >= 15 is 0 Å². The molecule has 152 valence electrons. The number of amides is 1. The molecule has 8 heteroatoms. The van der Waals surface area contributed by atoms with Gasteiger partial charge in [0.25, 0.3) is 5.91 Å². The van der Waals surface area contributed by atoms with Crippen molar-refractivity contribution in [3.63, 3.8) is 0 Å². The van der Waals surface area contributed by atoms with E-state index in [0.29, 0.717) is 11.6 Å². The van der Waals surface area contributed by atoms with Crippen LogP contribution < -0.4 is 16.0 Å². The summed E-state index contributed by atoms with van der Waals surface area (Å²) in [5, 5.41) is 8.29. The lowest BCUT2D eigenvalue weighted by atomic mass is 10.1. The summed E-state index contributed by atoms with van der Waals surface area (Å²) < 4.78 is 7.48. The molecule has 3 N–H and O–H groups in total. The fourth-order valence-corrected chi connectivity index (χ4v) is 3.88. The number of carbonyl (C=O) groups is 1. The van der Waals surface area contributed by atoms with Gasteiger partial charge in [-0.1, -0.05) is 18.2 Å². The Kier molecular flexibility index (Phi) is 4.68. The minimum Gasteiger partial charge on any atom is -0.433 e. The molecule has 1 saturated heterocycles. The number of nitrogens with zero attached hydrogens (tertiary/aromatic N) is 4. The maximum absolute atomic E-state index is 12.9. The average molecular weight is 402 g/mol. The number of hydrogen-bond donors (Lipinski definition) is 2. The molecule has 0 unspecified atom stereocenters. The molecule has 1 fully saturated rings. The molecule has 1 aromatic carbocycles. The molecule has 1 amide bonds. The van der Waals surface area contributed by atoms with Crippen molar-refractivity contribution in [2.75, 3.05) is 23.3 Å². The summed E-state index contributed by atoms with van der Waals surface area (Å²) >= 11 is 0. The number of anilines is 2. The first-order valence-electron chi connectivity index (χ1n) is 9.98. The highest BCUT2D eigenvalue weighted by molar-refractivity contribution is 6.04. The van der Waals surface area contributed by atoms with Gasteiger partial charge in [-0.05, 0) is 31.0 Å². The van der Waals surface area contributed by atoms with E-state index in [9.17, 15) is 4.79 Å². The van der Waals surface area contributed by atoms with Crippen molar-refractivity contribution in [3.05, 3.63) is 66.8 Å². The molecular weight excluding hydrogens is 380 g/mol. The van der Waals surface area contributed by atoms with E-state index in [-0.39, 0.29) is 17.7 Å². The van der Waals surface area contributed by atoms with Crippen LogP contribution in [0.1, 0.15) is 23.4 Å². The van der Waals surface area contributed by atoms with Crippen LogP contribution in [0.15, 0.2) is 65.5 Å². The second kappa shape index (κ2) is 7.64. The lowest BCUT2D eigenvalue weighted by molar-refractivity contribution is 0.0996. The van der Waals surface area contributed by atoms with Crippen molar-refractivity contribution in [3.8, 4) is 5.88 Å². The van der Waals surface area contributed by atoms with Crippen LogP contribution in [0.5, 0.6) is 0 Å². The van der Waals surface area contributed by atoms with Gasteiger partial charge in [-0.15, -0.1) is 0 Å². The molecule has 0 spiro atoms. The first-order valence-corrected chi connectivity index (χ1v) is 9.98. The third-order valence-electron chi connectivity index (χ3n) is 5.35. The maximum Gasteiger partial charge on any atom is 0.291 e. The van der Waals surface area contributed by atoms with Crippen molar-refractivity contribution in [1.82, 2.24) is 14.8 Å². The van der Waals surface area contributed by atoms with Crippen LogP contribution in [-0.2, 0) is 0 Å². The highest BCUT2D eigenvalue weighted by Crippen LogP contribution is 2.28. The Morgan fingerprint density at radius 3 is 2.97 bits per heavy atom. The van der Waals surface area contributed by atoms with Crippen LogP contribution in [0.25, 0.3) is 16.8 Å². The number of nitrogens with one attached hydrogen (secondary N) is 1. The van der Waals surface area contributed by atoms with Crippen molar-refractivity contribution in [1.29, 1.82) is 0 Å². The zero-order valence-electron chi connectivity index (χ0n) is 16.4. The second-order valence-electron chi connectivity index (χ2n) is 7.45. The quantitative estimate of drug-likeness (QED) is 0.543. The van der Waals surface area contributed by atoms with Gasteiger partial charge >= 0.3 is 0 Å². The van der Waals surface area contributed by atoms with Gasteiger partial charge in [0.05, 0.1) is 29.3 Å². The van der Waals surface area contributed by atoms with Crippen molar-refractivity contribution < 1.29 is 9.21 Å². The van der Waals surface area contributed by atoms with Gasteiger partial charge in [-0.3, -0.25) is 9.78 Å². The van der Waals surface area contributed by atoms with Gasteiger partial charge in [0, 0.05) is 36.8 Å². The minimum absolute atomic E-state index is 0.131. The van der Waals surface area contributed by atoms with Crippen molar-refractivity contribution in [2.24, 2.45) is 5.73 Å². The summed E-state index contributed by atoms with van der Waals surface area (Å²) in [7, 11) is 0. The lowest BCUT2D eigenvalue weighted by Crippen LogP contribution is -2.43. The summed E-state index contributed by atoms with van der Waals surface area (Å²) in [6.45, 7) is 1.65. The van der Waals surface area contributed by atoms with E-state index in [1.165, 1.54) is 0 Å². The first kappa shape index (κ1) is 18.4. The molecule has 4 aromatic rings. The fourth-order valence-electron chi connectivity index (χ4n) is 3.88. The normalized spacial score (nSPS) is 16.7.